The number of rotatable bonds is 4. The third-order valence-corrected chi connectivity index (χ3v) is 2.87. The van der Waals surface area contributed by atoms with Gasteiger partial charge >= 0.3 is 0 Å². The van der Waals surface area contributed by atoms with Crippen molar-refractivity contribution in [3.05, 3.63) is 60.2 Å². The Balaban J connectivity index is 2.19. The summed E-state index contributed by atoms with van der Waals surface area (Å²) in [6.07, 6.45) is 0. The van der Waals surface area contributed by atoms with Gasteiger partial charge in [0.1, 0.15) is 0 Å². The number of nitrogens with two attached hydrogens (primary N) is 1. The van der Waals surface area contributed by atoms with Crippen LogP contribution in [0.1, 0.15) is 11.6 Å². The highest BCUT2D eigenvalue weighted by Gasteiger charge is 2.04. The fourth-order valence-electron chi connectivity index (χ4n) is 1.89. The lowest BCUT2D eigenvalue weighted by molar-refractivity contribution is 0.653. The van der Waals surface area contributed by atoms with Gasteiger partial charge in [-0.05, 0) is 23.7 Å². The molecule has 3 N–H and O–H groups in total. The van der Waals surface area contributed by atoms with Gasteiger partial charge in [-0.15, -0.1) is 0 Å². The van der Waals surface area contributed by atoms with E-state index in [1.165, 1.54) is 16.7 Å². The minimum absolute atomic E-state index is 0.0600. The first kappa shape index (κ1) is 11.8. The topological polar surface area (TPSA) is 38.0 Å². The highest BCUT2D eigenvalue weighted by molar-refractivity contribution is 5.63. The molecule has 0 heterocycles. The molecule has 0 aromatic heterocycles. The first-order valence-corrected chi connectivity index (χ1v) is 5.87. The van der Waals surface area contributed by atoms with Gasteiger partial charge < -0.3 is 11.1 Å². The van der Waals surface area contributed by atoms with Crippen molar-refractivity contribution in [3.8, 4) is 11.1 Å². The van der Waals surface area contributed by atoms with Crippen molar-refractivity contribution in [2.45, 2.75) is 6.04 Å². The fourth-order valence-corrected chi connectivity index (χ4v) is 1.89. The van der Waals surface area contributed by atoms with E-state index in [0.29, 0.717) is 0 Å². The van der Waals surface area contributed by atoms with E-state index >= 15 is 0 Å². The molecule has 0 saturated carbocycles. The van der Waals surface area contributed by atoms with Crippen LogP contribution in [0.15, 0.2) is 54.6 Å². The summed E-state index contributed by atoms with van der Waals surface area (Å²) in [4.78, 5) is 0. The van der Waals surface area contributed by atoms with Crippen molar-refractivity contribution in [1.82, 2.24) is 5.32 Å². The van der Waals surface area contributed by atoms with Crippen LogP contribution >= 0.6 is 0 Å². The Bertz CT molecular complexity index is 448. The minimum atomic E-state index is 0.0600. The number of hydrogen-bond acceptors (Lipinski definition) is 2. The van der Waals surface area contributed by atoms with Crippen LogP contribution in [0.4, 0.5) is 0 Å². The second-order valence-electron chi connectivity index (χ2n) is 4.15. The zero-order valence-corrected chi connectivity index (χ0v) is 10.1. The van der Waals surface area contributed by atoms with E-state index in [0.717, 1.165) is 6.54 Å². The van der Waals surface area contributed by atoms with Crippen molar-refractivity contribution in [2.75, 3.05) is 13.6 Å². The molecular formula is C15H18N2. The molecule has 0 radical (unpaired) electrons. The molecule has 2 aromatic carbocycles. The van der Waals surface area contributed by atoms with Crippen molar-refractivity contribution >= 4 is 0 Å². The van der Waals surface area contributed by atoms with Crippen LogP contribution in [-0.4, -0.2) is 13.6 Å². The fraction of sp³-hybridized carbons (Fsp3) is 0.200. The summed E-state index contributed by atoms with van der Waals surface area (Å²) in [5.41, 5.74) is 9.66. The van der Waals surface area contributed by atoms with Gasteiger partial charge in [0.2, 0.25) is 0 Å². The maximum absolute atomic E-state index is 6.03. The Morgan fingerprint density at radius 2 is 1.53 bits per heavy atom. The molecule has 0 saturated heterocycles. The lowest BCUT2D eigenvalue weighted by Gasteiger charge is -2.11. The van der Waals surface area contributed by atoms with Crippen LogP contribution < -0.4 is 11.1 Å². The first-order valence-electron chi connectivity index (χ1n) is 5.87. The van der Waals surface area contributed by atoms with Crippen LogP contribution in [0.2, 0.25) is 0 Å². The van der Waals surface area contributed by atoms with E-state index in [2.05, 4.69) is 53.8 Å². The second kappa shape index (κ2) is 5.62. The van der Waals surface area contributed by atoms with Crippen LogP contribution in [-0.2, 0) is 0 Å². The van der Waals surface area contributed by atoms with E-state index in [1.54, 1.807) is 0 Å². The lowest BCUT2D eigenvalue weighted by Crippen LogP contribution is -2.23. The average Bonchev–Trinajstić information content (AvgIpc) is 2.40. The summed E-state index contributed by atoms with van der Waals surface area (Å²) < 4.78 is 0. The largest absolute Gasteiger partial charge is 0.323 e. The van der Waals surface area contributed by atoms with Gasteiger partial charge in [-0.1, -0.05) is 54.6 Å². The highest BCUT2D eigenvalue weighted by Crippen LogP contribution is 2.20. The zero-order valence-electron chi connectivity index (χ0n) is 10.1. The summed E-state index contributed by atoms with van der Waals surface area (Å²) in [7, 11) is 1.91. The molecule has 17 heavy (non-hydrogen) atoms. The van der Waals surface area contributed by atoms with E-state index < -0.39 is 0 Å². The lowest BCUT2D eigenvalue weighted by atomic mass is 10.0. The summed E-state index contributed by atoms with van der Waals surface area (Å²) in [5.74, 6) is 0. The van der Waals surface area contributed by atoms with Gasteiger partial charge in [0, 0.05) is 12.6 Å². The molecule has 2 rings (SSSR count). The minimum Gasteiger partial charge on any atom is -0.323 e. The maximum Gasteiger partial charge on any atom is 0.0421 e. The highest BCUT2D eigenvalue weighted by atomic mass is 14.9. The molecule has 0 spiro atoms. The SMILES string of the molecule is CNCC(N)c1ccc(-c2ccccc2)cc1. The molecular weight excluding hydrogens is 208 g/mol. The van der Waals surface area contributed by atoms with Crippen molar-refractivity contribution < 1.29 is 0 Å². The zero-order chi connectivity index (χ0) is 12.1. The Labute approximate surface area is 102 Å². The Hall–Kier alpha value is -1.64. The second-order valence-corrected chi connectivity index (χ2v) is 4.15. The molecule has 2 aromatic rings. The normalized spacial score (nSPS) is 12.4. The summed E-state index contributed by atoms with van der Waals surface area (Å²) >= 11 is 0. The van der Waals surface area contributed by atoms with Gasteiger partial charge in [0.05, 0.1) is 0 Å². The van der Waals surface area contributed by atoms with Crippen molar-refractivity contribution in [1.29, 1.82) is 0 Å². The standard InChI is InChI=1S/C15H18N2/c1-17-11-15(16)14-9-7-13(8-10-14)12-5-3-2-4-6-12/h2-10,15,17H,11,16H2,1H3. The van der Waals surface area contributed by atoms with Gasteiger partial charge in [-0.25, -0.2) is 0 Å². The summed E-state index contributed by atoms with van der Waals surface area (Å²) in [6, 6.07) is 18.9. The number of benzene rings is 2. The van der Waals surface area contributed by atoms with E-state index in [9.17, 15) is 0 Å². The molecule has 0 bridgehead atoms. The Morgan fingerprint density at radius 3 is 2.12 bits per heavy atom. The van der Waals surface area contributed by atoms with Gasteiger partial charge in [0.25, 0.3) is 0 Å². The smallest absolute Gasteiger partial charge is 0.0421 e. The van der Waals surface area contributed by atoms with E-state index in [-0.39, 0.29) is 6.04 Å². The summed E-state index contributed by atoms with van der Waals surface area (Å²) in [5, 5.41) is 3.09. The molecule has 2 heteroatoms. The monoisotopic (exact) mass is 226 g/mol. The average molecular weight is 226 g/mol. The molecule has 0 aliphatic carbocycles. The summed E-state index contributed by atoms with van der Waals surface area (Å²) in [6.45, 7) is 0.796. The van der Waals surface area contributed by atoms with Crippen molar-refractivity contribution in [3.63, 3.8) is 0 Å². The predicted octanol–water partition coefficient (Wildman–Crippen LogP) is 2.57. The van der Waals surface area contributed by atoms with Crippen LogP contribution in [0.3, 0.4) is 0 Å². The predicted molar refractivity (Wildman–Crippen MR) is 72.7 cm³/mol. The molecule has 1 atom stereocenters. The quantitative estimate of drug-likeness (QED) is 0.841. The third kappa shape index (κ3) is 2.93. The van der Waals surface area contributed by atoms with Crippen LogP contribution in [0.25, 0.3) is 11.1 Å². The van der Waals surface area contributed by atoms with Crippen LogP contribution in [0.5, 0.6) is 0 Å². The van der Waals surface area contributed by atoms with Gasteiger partial charge in [0.15, 0.2) is 0 Å². The first-order chi connectivity index (χ1) is 8.31. The Kier molecular flexibility index (Phi) is 3.91. The molecule has 88 valence electrons. The number of likely N-dealkylation sites (N-methyl/N-ethyl adjacent to an activating group) is 1. The van der Waals surface area contributed by atoms with E-state index in [1.807, 2.05) is 13.1 Å². The van der Waals surface area contributed by atoms with Crippen molar-refractivity contribution in [2.24, 2.45) is 5.73 Å². The van der Waals surface area contributed by atoms with Crippen LogP contribution in [0, 0.1) is 0 Å². The van der Waals surface area contributed by atoms with E-state index in [4.69, 9.17) is 5.73 Å². The third-order valence-electron chi connectivity index (χ3n) is 2.87. The molecule has 0 aliphatic heterocycles. The number of nitrogens with one attached hydrogen (secondary N) is 1. The molecule has 0 amide bonds. The number of hydrogen-bond donors (Lipinski definition) is 2. The van der Waals surface area contributed by atoms with Gasteiger partial charge in [-0.3, -0.25) is 0 Å². The maximum atomic E-state index is 6.03. The Morgan fingerprint density at radius 1 is 0.941 bits per heavy atom. The molecule has 2 nitrogen and oxygen atoms in total. The van der Waals surface area contributed by atoms with Gasteiger partial charge in [-0.2, -0.15) is 0 Å². The molecule has 0 aliphatic rings. The molecule has 1 unspecified atom stereocenters. The molecule has 0 fully saturated rings.